The molecule has 1 saturated heterocycles. The third-order valence-electron chi connectivity index (χ3n) is 4.21. The van der Waals surface area contributed by atoms with Crippen LogP contribution in [0.15, 0.2) is 12.4 Å². The van der Waals surface area contributed by atoms with Crippen molar-refractivity contribution in [2.75, 3.05) is 45.7 Å². The van der Waals surface area contributed by atoms with Gasteiger partial charge in [-0.1, -0.05) is 0 Å². The minimum Gasteiger partial charge on any atom is -0.358 e. The summed E-state index contributed by atoms with van der Waals surface area (Å²) in [7, 11) is 5.31. The number of aromatic nitrogens is 2. The van der Waals surface area contributed by atoms with Gasteiger partial charge in [-0.25, -0.2) is 9.97 Å². The maximum Gasteiger partial charge on any atom is 0.257 e. The normalized spacial score (nSPS) is 18.6. The lowest BCUT2D eigenvalue weighted by Crippen LogP contribution is -2.61. The molecule has 0 aliphatic carbocycles. The van der Waals surface area contributed by atoms with Crippen molar-refractivity contribution in [2.45, 2.75) is 25.9 Å². The van der Waals surface area contributed by atoms with Gasteiger partial charge in [0.1, 0.15) is 6.04 Å². The molecule has 0 bridgehead atoms. The van der Waals surface area contributed by atoms with Crippen molar-refractivity contribution < 1.29 is 9.59 Å². The van der Waals surface area contributed by atoms with E-state index in [9.17, 15) is 9.59 Å². The van der Waals surface area contributed by atoms with E-state index >= 15 is 0 Å². The van der Waals surface area contributed by atoms with Gasteiger partial charge in [-0.2, -0.15) is 0 Å². The Labute approximate surface area is 142 Å². The van der Waals surface area contributed by atoms with Gasteiger partial charge >= 0.3 is 0 Å². The van der Waals surface area contributed by atoms with Crippen LogP contribution in [0.25, 0.3) is 0 Å². The minimum atomic E-state index is -0.338. The zero-order chi connectivity index (χ0) is 17.9. The van der Waals surface area contributed by atoms with E-state index in [1.54, 1.807) is 16.8 Å². The fourth-order valence-corrected chi connectivity index (χ4v) is 2.84. The van der Waals surface area contributed by atoms with Gasteiger partial charge in [0.15, 0.2) is 0 Å². The fourth-order valence-electron chi connectivity index (χ4n) is 2.84. The van der Waals surface area contributed by atoms with Crippen molar-refractivity contribution in [1.82, 2.24) is 25.1 Å². The highest BCUT2D eigenvalue weighted by molar-refractivity contribution is 5.94. The van der Waals surface area contributed by atoms with Crippen molar-refractivity contribution in [3.63, 3.8) is 0 Å². The molecular formula is C16H26N6O2. The third-order valence-corrected chi connectivity index (χ3v) is 4.21. The molecule has 1 aliphatic heterocycles. The van der Waals surface area contributed by atoms with Crippen LogP contribution in [-0.2, 0) is 4.79 Å². The van der Waals surface area contributed by atoms with Gasteiger partial charge in [0.05, 0.1) is 5.56 Å². The van der Waals surface area contributed by atoms with Crippen LogP contribution in [0.2, 0.25) is 0 Å². The molecule has 2 heterocycles. The highest BCUT2D eigenvalue weighted by Crippen LogP contribution is 2.16. The lowest BCUT2D eigenvalue weighted by molar-refractivity contribution is -0.128. The second-order valence-electron chi connectivity index (χ2n) is 6.38. The molecule has 1 fully saturated rings. The van der Waals surface area contributed by atoms with Crippen LogP contribution in [0, 0.1) is 0 Å². The van der Waals surface area contributed by atoms with Gasteiger partial charge in [0, 0.05) is 59.2 Å². The zero-order valence-corrected chi connectivity index (χ0v) is 15.0. The molecule has 8 nitrogen and oxygen atoms in total. The second-order valence-corrected chi connectivity index (χ2v) is 6.38. The highest BCUT2D eigenvalue weighted by Gasteiger charge is 2.35. The molecule has 1 aromatic heterocycles. The van der Waals surface area contributed by atoms with E-state index in [1.165, 1.54) is 12.4 Å². The number of nitrogens with zero attached hydrogens (tertiary/aromatic N) is 5. The minimum absolute atomic E-state index is 0.0691. The number of likely N-dealkylation sites (N-methyl/N-ethyl adjacent to an activating group) is 1. The second kappa shape index (κ2) is 7.57. The predicted molar refractivity (Wildman–Crippen MR) is 92.0 cm³/mol. The number of hydrogen-bond acceptors (Lipinski definition) is 6. The Balaban J connectivity index is 2.14. The van der Waals surface area contributed by atoms with E-state index < -0.39 is 0 Å². The van der Waals surface area contributed by atoms with Crippen molar-refractivity contribution in [1.29, 1.82) is 0 Å². The fraction of sp³-hybridized carbons (Fsp3) is 0.625. The number of anilines is 1. The summed E-state index contributed by atoms with van der Waals surface area (Å²) in [5, 5.41) is 2.69. The number of rotatable bonds is 4. The van der Waals surface area contributed by atoms with E-state index in [-0.39, 0.29) is 23.9 Å². The van der Waals surface area contributed by atoms with Gasteiger partial charge in [0.2, 0.25) is 11.9 Å². The number of piperazine rings is 1. The van der Waals surface area contributed by atoms with Gasteiger partial charge < -0.3 is 15.1 Å². The molecule has 132 valence electrons. The summed E-state index contributed by atoms with van der Waals surface area (Å²) in [5.74, 6) is 0.345. The predicted octanol–water partition coefficient (Wildman–Crippen LogP) is -0.177. The summed E-state index contributed by atoms with van der Waals surface area (Å²) in [6.07, 6.45) is 3.07. The molecule has 0 spiro atoms. The van der Waals surface area contributed by atoms with Gasteiger partial charge in [0.25, 0.3) is 5.91 Å². The van der Waals surface area contributed by atoms with Crippen molar-refractivity contribution in [3.8, 4) is 0 Å². The van der Waals surface area contributed by atoms with Crippen LogP contribution in [0.5, 0.6) is 0 Å². The summed E-state index contributed by atoms with van der Waals surface area (Å²) in [4.78, 5) is 38.8. The van der Waals surface area contributed by atoms with Gasteiger partial charge in [-0.05, 0) is 13.8 Å². The Bertz CT molecular complexity index is 587. The monoisotopic (exact) mass is 334 g/mol. The molecule has 1 unspecified atom stereocenters. The SMILES string of the molecule is CNC(=O)C1CN(C(=O)c2cnc(N(C)C)nc2)CCN1C(C)C. The van der Waals surface area contributed by atoms with Crippen molar-refractivity contribution >= 4 is 17.8 Å². The van der Waals surface area contributed by atoms with Crippen LogP contribution >= 0.6 is 0 Å². The average molecular weight is 334 g/mol. The molecule has 0 saturated carbocycles. The molecule has 1 N–H and O–H groups in total. The third kappa shape index (κ3) is 3.81. The van der Waals surface area contributed by atoms with E-state index in [0.29, 0.717) is 31.1 Å². The molecule has 0 aromatic carbocycles. The largest absolute Gasteiger partial charge is 0.358 e. The summed E-state index contributed by atoms with van der Waals surface area (Å²) >= 11 is 0. The maximum absolute atomic E-state index is 12.7. The summed E-state index contributed by atoms with van der Waals surface area (Å²) in [6.45, 7) is 5.73. The molecule has 0 radical (unpaired) electrons. The Morgan fingerprint density at radius 2 is 1.88 bits per heavy atom. The first-order valence-corrected chi connectivity index (χ1v) is 8.11. The summed E-state index contributed by atoms with van der Waals surface area (Å²) in [5.41, 5.74) is 0.439. The molecule has 8 heteroatoms. The number of hydrogen-bond donors (Lipinski definition) is 1. The first kappa shape index (κ1) is 18.1. The first-order chi connectivity index (χ1) is 11.3. The Kier molecular flexibility index (Phi) is 5.71. The molecule has 1 aromatic rings. The summed E-state index contributed by atoms with van der Waals surface area (Å²) in [6, 6.07) is -0.0954. The number of nitrogens with one attached hydrogen (secondary N) is 1. The molecule has 1 aliphatic rings. The molecule has 2 rings (SSSR count). The van der Waals surface area contributed by atoms with Crippen molar-refractivity contribution in [2.24, 2.45) is 0 Å². The number of carbonyl (C=O) groups excluding carboxylic acids is 2. The summed E-state index contributed by atoms with van der Waals surface area (Å²) < 4.78 is 0. The van der Waals surface area contributed by atoms with E-state index in [1.807, 2.05) is 14.1 Å². The topological polar surface area (TPSA) is 81.7 Å². The Hall–Kier alpha value is -2.22. The molecule has 1 atom stereocenters. The lowest BCUT2D eigenvalue weighted by atomic mass is 10.1. The standard InChI is InChI=1S/C16H26N6O2/c1-11(2)22-7-6-21(10-13(22)14(23)17-3)15(24)12-8-18-16(19-9-12)20(4)5/h8-9,11,13H,6-7,10H2,1-5H3,(H,17,23). The Morgan fingerprint density at radius 3 is 2.38 bits per heavy atom. The maximum atomic E-state index is 12.7. The van der Waals surface area contributed by atoms with E-state index in [2.05, 4.69) is 34.0 Å². The van der Waals surface area contributed by atoms with Crippen LogP contribution in [-0.4, -0.2) is 84.4 Å². The van der Waals surface area contributed by atoms with Crippen LogP contribution < -0.4 is 10.2 Å². The smallest absolute Gasteiger partial charge is 0.257 e. The number of carbonyl (C=O) groups is 2. The Morgan fingerprint density at radius 1 is 1.25 bits per heavy atom. The van der Waals surface area contributed by atoms with Gasteiger partial charge in [-0.15, -0.1) is 0 Å². The zero-order valence-electron chi connectivity index (χ0n) is 15.0. The quantitative estimate of drug-likeness (QED) is 0.823. The van der Waals surface area contributed by atoms with Crippen molar-refractivity contribution in [3.05, 3.63) is 18.0 Å². The van der Waals surface area contributed by atoms with Crippen LogP contribution in [0.1, 0.15) is 24.2 Å². The van der Waals surface area contributed by atoms with Crippen LogP contribution in [0.4, 0.5) is 5.95 Å². The average Bonchev–Trinajstić information content (AvgIpc) is 2.59. The van der Waals surface area contributed by atoms with Crippen LogP contribution in [0.3, 0.4) is 0 Å². The molecule has 2 amide bonds. The van der Waals surface area contributed by atoms with Gasteiger partial charge in [-0.3, -0.25) is 14.5 Å². The van der Waals surface area contributed by atoms with E-state index in [0.717, 1.165) is 0 Å². The first-order valence-electron chi connectivity index (χ1n) is 8.11. The van der Waals surface area contributed by atoms with E-state index in [4.69, 9.17) is 0 Å². The highest BCUT2D eigenvalue weighted by atomic mass is 16.2. The molecular weight excluding hydrogens is 308 g/mol. The lowest BCUT2D eigenvalue weighted by Gasteiger charge is -2.42. The molecule has 24 heavy (non-hydrogen) atoms. The number of amides is 2.